The van der Waals surface area contributed by atoms with E-state index in [4.69, 9.17) is 10.5 Å². The van der Waals surface area contributed by atoms with Gasteiger partial charge in [-0.15, -0.1) is 11.8 Å². The van der Waals surface area contributed by atoms with Crippen molar-refractivity contribution < 1.29 is 19.1 Å². The molecule has 0 radical (unpaired) electrons. The quantitative estimate of drug-likeness (QED) is 0.615. The van der Waals surface area contributed by atoms with Gasteiger partial charge in [-0.3, -0.25) is 14.9 Å². The SMILES string of the molecule is CC(C)[C@H](OC(=O)[C@@H](C)Sc1ccccc1)C(=O)NC(N)=O. The molecule has 0 unspecified atom stereocenters. The molecule has 0 heterocycles. The third-order valence-corrected chi connectivity index (χ3v) is 3.83. The number of primary amides is 1. The molecule has 2 atom stereocenters. The van der Waals surface area contributed by atoms with Crippen molar-refractivity contribution in [2.45, 2.75) is 37.0 Å². The Balaban J connectivity index is 2.66. The van der Waals surface area contributed by atoms with Gasteiger partial charge in [0.15, 0.2) is 6.10 Å². The van der Waals surface area contributed by atoms with Gasteiger partial charge in [-0.25, -0.2) is 4.79 Å². The molecule has 0 aromatic heterocycles. The molecule has 0 aliphatic rings. The van der Waals surface area contributed by atoms with E-state index in [-0.39, 0.29) is 5.92 Å². The summed E-state index contributed by atoms with van der Waals surface area (Å²) in [5.74, 6) is -1.52. The second-order valence-electron chi connectivity index (χ2n) is 5.03. The summed E-state index contributed by atoms with van der Waals surface area (Å²) in [6.07, 6.45) is -1.06. The Morgan fingerprint density at radius 1 is 1.14 bits per heavy atom. The number of rotatable bonds is 6. The molecule has 0 fully saturated rings. The van der Waals surface area contributed by atoms with E-state index in [0.29, 0.717) is 0 Å². The van der Waals surface area contributed by atoms with Gasteiger partial charge in [0.05, 0.1) is 0 Å². The Morgan fingerprint density at radius 2 is 1.73 bits per heavy atom. The number of esters is 1. The van der Waals surface area contributed by atoms with Crippen LogP contribution in [-0.2, 0) is 14.3 Å². The minimum absolute atomic E-state index is 0.280. The minimum atomic E-state index is -1.06. The number of imide groups is 1. The van der Waals surface area contributed by atoms with Crippen molar-refractivity contribution in [2.75, 3.05) is 0 Å². The van der Waals surface area contributed by atoms with Crippen LogP contribution in [0.15, 0.2) is 35.2 Å². The van der Waals surface area contributed by atoms with Crippen molar-refractivity contribution in [1.29, 1.82) is 0 Å². The molecule has 6 nitrogen and oxygen atoms in total. The molecule has 0 bridgehead atoms. The number of carbonyl (C=O) groups excluding carboxylic acids is 3. The van der Waals surface area contributed by atoms with E-state index in [1.165, 1.54) is 11.8 Å². The number of urea groups is 1. The van der Waals surface area contributed by atoms with Crippen LogP contribution in [0.25, 0.3) is 0 Å². The lowest BCUT2D eigenvalue weighted by Crippen LogP contribution is -2.46. The van der Waals surface area contributed by atoms with Crippen LogP contribution in [0.1, 0.15) is 20.8 Å². The summed E-state index contributed by atoms with van der Waals surface area (Å²) in [5, 5.41) is 1.45. The maximum Gasteiger partial charge on any atom is 0.319 e. The lowest BCUT2D eigenvalue weighted by atomic mass is 10.1. The van der Waals surface area contributed by atoms with Gasteiger partial charge in [-0.1, -0.05) is 32.0 Å². The minimum Gasteiger partial charge on any atom is -0.451 e. The van der Waals surface area contributed by atoms with Crippen LogP contribution in [0.5, 0.6) is 0 Å². The molecule has 0 spiro atoms. The van der Waals surface area contributed by atoms with Crippen LogP contribution in [0, 0.1) is 5.92 Å². The van der Waals surface area contributed by atoms with Crippen molar-refractivity contribution in [2.24, 2.45) is 11.7 Å². The molecule has 120 valence electrons. The van der Waals surface area contributed by atoms with Gasteiger partial charge in [-0.2, -0.15) is 0 Å². The van der Waals surface area contributed by atoms with Crippen molar-refractivity contribution in [3.63, 3.8) is 0 Å². The van der Waals surface area contributed by atoms with Crippen LogP contribution in [0.3, 0.4) is 0 Å². The summed E-state index contributed by atoms with van der Waals surface area (Å²) in [6.45, 7) is 5.13. The summed E-state index contributed by atoms with van der Waals surface area (Å²) >= 11 is 1.33. The van der Waals surface area contributed by atoms with Crippen LogP contribution < -0.4 is 11.1 Å². The van der Waals surface area contributed by atoms with Gasteiger partial charge in [-0.05, 0) is 25.0 Å². The molecule has 0 aliphatic carbocycles. The van der Waals surface area contributed by atoms with E-state index in [1.807, 2.05) is 35.6 Å². The van der Waals surface area contributed by atoms with Crippen molar-refractivity contribution in [1.82, 2.24) is 5.32 Å². The second-order valence-corrected chi connectivity index (χ2v) is 6.44. The summed E-state index contributed by atoms with van der Waals surface area (Å²) < 4.78 is 5.23. The molecule has 0 saturated heterocycles. The number of hydrogen-bond donors (Lipinski definition) is 2. The normalized spacial score (nSPS) is 13.3. The number of amides is 3. The fourth-order valence-corrected chi connectivity index (χ4v) is 2.53. The topological polar surface area (TPSA) is 98.5 Å². The molecule has 1 aromatic rings. The molecule has 3 N–H and O–H groups in total. The summed E-state index contributed by atoms with van der Waals surface area (Å²) in [7, 11) is 0. The Labute approximate surface area is 133 Å². The third-order valence-electron chi connectivity index (χ3n) is 2.74. The molecule has 1 aromatic carbocycles. The van der Waals surface area contributed by atoms with Crippen LogP contribution in [-0.4, -0.2) is 29.3 Å². The Kier molecular flexibility index (Phi) is 6.91. The largest absolute Gasteiger partial charge is 0.451 e. The number of nitrogens with one attached hydrogen (secondary N) is 1. The van der Waals surface area contributed by atoms with Gasteiger partial charge in [0.25, 0.3) is 5.91 Å². The van der Waals surface area contributed by atoms with E-state index in [9.17, 15) is 14.4 Å². The van der Waals surface area contributed by atoms with Crippen LogP contribution in [0.2, 0.25) is 0 Å². The van der Waals surface area contributed by atoms with Crippen molar-refractivity contribution in [3.8, 4) is 0 Å². The number of carbonyl (C=O) groups is 3. The first-order valence-electron chi connectivity index (χ1n) is 6.83. The fraction of sp³-hybridized carbons (Fsp3) is 0.400. The van der Waals surface area contributed by atoms with Gasteiger partial charge in [0.2, 0.25) is 0 Å². The van der Waals surface area contributed by atoms with E-state index < -0.39 is 29.3 Å². The highest BCUT2D eigenvalue weighted by Gasteiger charge is 2.29. The smallest absolute Gasteiger partial charge is 0.319 e. The maximum atomic E-state index is 12.1. The lowest BCUT2D eigenvalue weighted by molar-refractivity contribution is -0.157. The first-order chi connectivity index (χ1) is 10.3. The highest BCUT2D eigenvalue weighted by molar-refractivity contribution is 8.00. The summed E-state index contributed by atoms with van der Waals surface area (Å²) in [6, 6.07) is 8.42. The zero-order valence-corrected chi connectivity index (χ0v) is 13.6. The second kappa shape index (κ2) is 8.43. The Morgan fingerprint density at radius 3 is 2.23 bits per heavy atom. The standard InChI is InChI=1S/C15H20N2O4S/c1-9(2)12(13(18)17-15(16)20)21-14(19)10(3)22-11-7-5-4-6-8-11/h4-10,12H,1-3H3,(H3,16,17,18,20)/t10-,12+/m1/s1. The first-order valence-corrected chi connectivity index (χ1v) is 7.71. The highest BCUT2D eigenvalue weighted by Crippen LogP contribution is 2.24. The number of nitrogens with two attached hydrogens (primary N) is 1. The average Bonchev–Trinajstić information content (AvgIpc) is 2.44. The predicted molar refractivity (Wildman–Crippen MR) is 84.2 cm³/mol. The van der Waals surface area contributed by atoms with Gasteiger partial charge in [0.1, 0.15) is 5.25 Å². The number of benzene rings is 1. The molecule has 3 amide bonds. The third kappa shape index (κ3) is 5.77. The zero-order valence-electron chi connectivity index (χ0n) is 12.7. The van der Waals surface area contributed by atoms with Crippen LogP contribution in [0.4, 0.5) is 4.79 Å². The van der Waals surface area contributed by atoms with Crippen LogP contribution >= 0.6 is 11.8 Å². The summed E-state index contributed by atoms with van der Waals surface area (Å²) in [5.41, 5.74) is 4.91. The monoisotopic (exact) mass is 324 g/mol. The molecule has 1 rings (SSSR count). The zero-order chi connectivity index (χ0) is 16.7. The van der Waals surface area contributed by atoms with Gasteiger partial charge in [0, 0.05) is 4.90 Å². The molecule has 0 aliphatic heterocycles. The highest BCUT2D eigenvalue weighted by atomic mass is 32.2. The van der Waals surface area contributed by atoms with E-state index in [0.717, 1.165) is 4.90 Å². The van der Waals surface area contributed by atoms with Gasteiger partial charge < -0.3 is 10.5 Å². The maximum absolute atomic E-state index is 12.1. The Hall–Kier alpha value is -2.02. The molecule has 22 heavy (non-hydrogen) atoms. The van der Waals surface area contributed by atoms with E-state index >= 15 is 0 Å². The number of hydrogen-bond acceptors (Lipinski definition) is 5. The first kappa shape index (κ1) is 18.0. The lowest BCUT2D eigenvalue weighted by Gasteiger charge is -2.21. The average molecular weight is 324 g/mol. The molecular formula is C15H20N2O4S. The van der Waals surface area contributed by atoms with E-state index in [2.05, 4.69) is 0 Å². The molecule has 7 heteroatoms. The number of ether oxygens (including phenoxy) is 1. The molecular weight excluding hydrogens is 304 g/mol. The summed E-state index contributed by atoms with van der Waals surface area (Å²) in [4.78, 5) is 35.6. The predicted octanol–water partition coefficient (Wildman–Crippen LogP) is 1.93. The van der Waals surface area contributed by atoms with Gasteiger partial charge >= 0.3 is 12.0 Å². The Bertz CT molecular complexity index is 534. The van der Waals surface area contributed by atoms with E-state index in [1.54, 1.807) is 20.8 Å². The van der Waals surface area contributed by atoms with Crippen molar-refractivity contribution >= 4 is 29.7 Å². The number of thioether (sulfide) groups is 1. The van der Waals surface area contributed by atoms with Crippen molar-refractivity contribution in [3.05, 3.63) is 30.3 Å². The fourth-order valence-electron chi connectivity index (χ4n) is 1.66. The molecule has 0 saturated carbocycles.